The minimum absolute atomic E-state index is 0.107. The van der Waals surface area contributed by atoms with Crippen LogP contribution >= 0.6 is 0 Å². The van der Waals surface area contributed by atoms with Gasteiger partial charge in [-0.25, -0.2) is 23.2 Å². The van der Waals surface area contributed by atoms with Crippen molar-refractivity contribution in [2.45, 2.75) is 45.2 Å². The molecule has 9 nitrogen and oxygen atoms in total. The van der Waals surface area contributed by atoms with Crippen molar-refractivity contribution in [2.24, 2.45) is 0 Å². The van der Waals surface area contributed by atoms with Gasteiger partial charge in [-0.2, -0.15) is 0 Å². The first kappa shape index (κ1) is 19.7. The van der Waals surface area contributed by atoms with Crippen LogP contribution in [0.5, 0.6) is 0 Å². The molecule has 0 saturated carbocycles. The zero-order chi connectivity index (χ0) is 19.4. The molecule has 2 aliphatic heterocycles. The van der Waals surface area contributed by atoms with Crippen LogP contribution in [-0.4, -0.2) is 72.7 Å². The normalized spacial score (nSPS) is 22.4. The van der Waals surface area contributed by atoms with Crippen molar-refractivity contribution < 1.29 is 17.9 Å². The Kier molecular flexibility index (Phi) is 6.03. The number of rotatable bonds is 5. The van der Waals surface area contributed by atoms with E-state index in [1.807, 2.05) is 13.0 Å². The summed E-state index contributed by atoms with van der Waals surface area (Å²) in [6, 6.07) is 1.92. The van der Waals surface area contributed by atoms with E-state index in [2.05, 4.69) is 20.6 Å². The van der Waals surface area contributed by atoms with Crippen molar-refractivity contribution in [3.8, 4) is 0 Å². The predicted molar refractivity (Wildman–Crippen MR) is 103 cm³/mol. The lowest BCUT2D eigenvalue weighted by atomic mass is 10.1. The number of sulfone groups is 1. The molecule has 0 bridgehead atoms. The van der Waals surface area contributed by atoms with Crippen molar-refractivity contribution in [1.82, 2.24) is 14.9 Å². The second kappa shape index (κ2) is 8.28. The summed E-state index contributed by atoms with van der Waals surface area (Å²) in [5.41, 5.74) is 0. The van der Waals surface area contributed by atoms with Gasteiger partial charge >= 0.3 is 6.09 Å². The summed E-state index contributed by atoms with van der Waals surface area (Å²) in [6.45, 7) is 5.29. The highest BCUT2D eigenvalue weighted by atomic mass is 32.2. The predicted octanol–water partition coefficient (Wildman–Crippen LogP) is 1.42. The molecule has 3 rings (SSSR count). The third kappa shape index (κ3) is 5.44. The molecule has 0 aliphatic carbocycles. The van der Waals surface area contributed by atoms with Crippen molar-refractivity contribution in [3.05, 3.63) is 11.9 Å². The molecule has 2 N–H and O–H groups in total. The monoisotopic (exact) mass is 397 g/mol. The Hall–Kier alpha value is -2.10. The largest absolute Gasteiger partial charge is 0.450 e. The second-order valence-corrected chi connectivity index (χ2v) is 9.26. The van der Waals surface area contributed by atoms with Gasteiger partial charge in [0.05, 0.1) is 18.1 Å². The van der Waals surface area contributed by atoms with Crippen LogP contribution in [0.2, 0.25) is 0 Å². The van der Waals surface area contributed by atoms with E-state index in [0.717, 1.165) is 12.8 Å². The van der Waals surface area contributed by atoms with Crippen molar-refractivity contribution >= 4 is 27.6 Å². The zero-order valence-corrected chi connectivity index (χ0v) is 16.6. The number of piperidine rings is 1. The summed E-state index contributed by atoms with van der Waals surface area (Å²) >= 11 is 0. The van der Waals surface area contributed by atoms with E-state index >= 15 is 0 Å². The molecule has 0 aromatic carbocycles. The lowest BCUT2D eigenvalue weighted by Gasteiger charge is -2.32. The van der Waals surface area contributed by atoms with Gasteiger partial charge in [-0.15, -0.1) is 0 Å². The van der Waals surface area contributed by atoms with Crippen LogP contribution in [0.25, 0.3) is 0 Å². The summed E-state index contributed by atoms with van der Waals surface area (Å²) in [5.74, 6) is 2.33. The van der Waals surface area contributed by atoms with Crippen molar-refractivity contribution in [3.63, 3.8) is 0 Å². The highest BCUT2D eigenvalue weighted by molar-refractivity contribution is 7.91. The van der Waals surface area contributed by atoms with E-state index in [1.165, 1.54) is 0 Å². The summed E-state index contributed by atoms with van der Waals surface area (Å²) in [7, 11) is -2.94. The lowest BCUT2D eigenvalue weighted by molar-refractivity contribution is 0.0983. The molecule has 0 radical (unpaired) electrons. The molecule has 1 amide bonds. The Bertz CT molecular complexity index is 778. The maximum atomic E-state index is 11.8. The van der Waals surface area contributed by atoms with Crippen LogP contribution < -0.4 is 10.6 Å². The number of amides is 1. The number of hydrogen-bond donors (Lipinski definition) is 2. The van der Waals surface area contributed by atoms with Gasteiger partial charge in [-0.3, -0.25) is 0 Å². The lowest BCUT2D eigenvalue weighted by Crippen LogP contribution is -2.42. The number of aryl methyl sites for hydroxylation is 1. The smallest absolute Gasteiger partial charge is 0.409 e. The number of likely N-dealkylation sites (tertiary alicyclic amines) is 1. The maximum Gasteiger partial charge on any atom is 0.409 e. The SMILES string of the molecule is CCOC(=O)N1CCC(Nc2cc(NC3CCS(=O)(=O)C3)nc(C)n2)CC1. The molecule has 3 heterocycles. The summed E-state index contributed by atoms with van der Waals surface area (Å²) in [4.78, 5) is 22.3. The molecule has 1 aromatic rings. The van der Waals surface area contributed by atoms with Gasteiger partial charge in [0, 0.05) is 31.2 Å². The first-order chi connectivity index (χ1) is 12.8. The van der Waals surface area contributed by atoms with Crippen LogP contribution in [0.3, 0.4) is 0 Å². The first-order valence-corrected chi connectivity index (χ1v) is 11.2. The quantitative estimate of drug-likeness (QED) is 0.767. The van der Waals surface area contributed by atoms with Crippen molar-refractivity contribution in [1.29, 1.82) is 0 Å². The van der Waals surface area contributed by atoms with E-state index in [-0.39, 0.29) is 29.7 Å². The molecular formula is C17H27N5O4S. The highest BCUT2D eigenvalue weighted by Gasteiger charge is 2.28. The first-order valence-electron chi connectivity index (χ1n) is 9.35. The average molecular weight is 398 g/mol. The molecule has 1 atom stereocenters. The van der Waals surface area contributed by atoms with Crippen LogP contribution in [0, 0.1) is 6.92 Å². The van der Waals surface area contributed by atoms with Gasteiger partial charge in [0.25, 0.3) is 0 Å². The molecule has 2 saturated heterocycles. The molecular weight excluding hydrogens is 370 g/mol. The molecule has 0 spiro atoms. The summed E-state index contributed by atoms with van der Waals surface area (Å²) < 4.78 is 28.3. The number of carbonyl (C=O) groups excluding carboxylic acids is 1. The van der Waals surface area contributed by atoms with E-state index in [0.29, 0.717) is 43.6 Å². The number of anilines is 2. The third-order valence-electron chi connectivity index (χ3n) is 4.80. The van der Waals surface area contributed by atoms with Gasteiger partial charge in [-0.05, 0) is 33.1 Å². The molecule has 1 unspecified atom stereocenters. The Morgan fingerprint density at radius 2 is 1.81 bits per heavy atom. The van der Waals surface area contributed by atoms with Crippen LogP contribution in [0.15, 0.2) is 6.07 Å². The average Bonchev–Trinajstić information content (AvgIpc) is 2.93. The van der Waals surface area contributed by atoms with Crippen molar-refractivity contribution in [2.75, 3.05) is 41.8 Å². The number of aromatic nitrogens is 2. The summed E-state index contributed by atoms with van der Waals surface area (Å²) in [6.07, 6.45) is 1.96. The minimum atomic E-state index is -2.94. The second-order valence-electron chi connectivity index (χ2n) is 7.03. The van der Waals surface area contributed by atoms with Crippen LogP contribution in [0.4, 0.5) is 16.4 Å². The number of hydrogen-bond acceptors (Lipinski definition) is 8. The Morgan fingerprint density at radius 1 is 1.19 bits per heavy atom. The zero-order valence-electron chi connectivity index (χ0n) is 15.8. The fourth-order valence-electron chi connectivity index (χ4n) is 3.46. The van der Waals surface area contributed by atoms with Crippen LogP contribution in [-0.2, 0) is 14.6 Å². The number of ether oxygens (including phenoxy) is 1. The van der Waals surface area contributed by atoms with Gasteiger partial charge in [0.15, 0.2) is 9.84 Å². The molecule has 150 valence electrons. The molecule has 10 heteroatoms. The van der Waals surface area contributed by atoms with E-state index in [4.69, 9.17) is 4.74 Å². The fourth-order valence-corrected chi connectivity index (χ4v) is 5.14. The Labute approximate surface area is 159 Å². The maximum absolute atomic E-state index is 11.8. The topological polar surface area (TPSA) is 114 Å². The van der Waals surface area contributed by atoms with E-state index in [9.17, 15) is 13.2 Å². The Balaban J connectivity index is 1.56. The van der Waals surface area contributed by atoms with Gasteiger partial charge < -0.3 is 20.3 Å². The van der Waals surface area contributed by atoms with Gasteiger partial charge in [0.2, 0.25) is 0 Å². The molecule has 27 heavy (non-hydrogen) atoms. The van der Waals surface area contributed by atoms with E-state index < -0.39 is 9.84 Å². The van der Waals surface area contributed by atoms with E-state index in [1.54, 1.807) is 11.8 Å². The highest BCUT2D eigenvalue weighted by Crippen LogP contribution is 2.21. The number of nitrogens with one attached hydrogen (secondary N) is 2. The Morgan fingerprint density at radius 3 is 2.37 bits per heavy atom. The molecule has 1 aromatic heterocycles. The van der Waals surface area contributed by atoms with Gasteiger partial charge in [-0.1, -0.05) is 0 Å². The van der Waals surface area contributed by atoms with Gasteiger partial charge in [0.1, 0.15) is 17.5 Å². The minimum Gasteiger partial charge on any atom is -0.450 e. The summed E-state index contributed by atoms with van der Waals surface area (Å²) in [5, 5.41) is 6.62. The third-order valence-corrected chi connectivity index (χ3v) is 6.56. The number of nitrogens with zero attached hydrogens (tertiary/aromatic N) is 3. The standard InChI is InChI=1S/C17H27N5O4S/c1-3-26-17(23)22-7-4-13(5-8-22)20-15-10-16(19-12(2)18-15)21-14-6-9-27(24,25)11-14/h10,13-14H,3-9,11H2,1-2H3,(H2,18,19,20,21). The number of carbonyl (C=O) groups is 1. The molecule has 2 aliphatic rings. The fraction of sp³-hybridized carbons (Fsp3) is 0.706. The molecule has 2 fully saturated rings. The van der Waals surface area contributed by atoms with Crippen LogP contribution in [0.1, 0.15) is 32.0 Å².